The number of nitrogens with zero attached hydrogens (tertiary/aromatic N) is 2. The number of benzene rings is 2. The molecule has 2 aromatic carbocycles. The Bertz CT molecular complexity index is 873. The Labute approximate surface area is 139 Å². The van der Waals surface area contributed by atoms with Gasteiger partial charge in [0, 0.05) is 29.6 Å². The van der Waals surface area contributed by atoms with Gasteiger partial charge in [-0.25, -0.2) is 4.98 Å². The molecule has 0 bridgehead atoms. The molecule has 4 rings (SSSR count). The van der Waals surface area contributed by atoms with Crippen LogP contribution >= 0.6 is 0 Å². The maximum Gasteiger partial charge on any atom is 0.268 e. The minimum absolute atomic E-state index is 0.00124. The molecule has 3 aromatic rings. The van der Waals surface area contributed by atoms with Crippen LogP contribution in [-0.2, 0) is 4.79 Å². The van der Waals surface area contributed by atoms with Crippen molar-refractivity contribution in [3.63, 3.8) is 0 Å². The average Bonchev–Trinajstić information content (AvgIpc) is 3.21. The maximum absolute atomic E-state index is 12.7. The van der Waals surface area contributed by atoms with E-state index in [0.717, 1.165) is 17.0 Å². The molecule has 0 fully saturated rings. The molecule has 5 heteroatoms. The predicted molar refractivity (Wildman–Crippen MR) is 91.5 cm³/mol. The fraction of sp³-hybridized carbons (Fsp3) is 0.158. The van der Waals surface area contributed by atoms with Crippen LogP contribution < -0.4 is 10.1 Å². The van der Waals surface area contributed by atoms with Gasteiger partial charge in [0.1, 0.15) is 5.75 Å². The first-order valence-corrected chi connectivity index (χ1v) is 7.89. The fourth-order valence-electron chi connectivity index (χ4n) is 3.02. The van der Waals surface area contributed by atoms with Crippen molar-refractivity contribution in [2.75, 3.05) is 5.32 Å². The van der Waals surface area contributed by atoms with Crippen molar-refractivity contribution in [1.29, 1.82) is 0 Å². The second kappa shape index (κ2) is 5.85. The highest BCUT2D eigenvalue weighted by Gasteiger charge is 2.36. The molecule has 1 N–H and O–H groups in total. The fourth-order valence-corrected chi connectivity index (χ4v) is 3.02. The van der Waals surface area contributed by atoms with E-state index in [1.54, 1.807) is 6.20 Å². The topological polar surface area (TPSA) is 56.1 Å². The van der Waals surface area contributed by atoms with E-state index in [1.165, 1.54) is 0 Å². The summed E-state index contributed by atoms with van der Waals surface area (Å²) in [5.74, 6) is 1.07. The summed E-state index contributed by atoms with van der Waals surface area (Å²) in [6, 6.07) is 17.5. The zero-order valence-electron chi connectivity index (χ0n) is 13.2. The maximum atomic E-state index is 12.7. The normalized spacial score (nSPS) is 18.7. The number of hydrogen-bond donors (Lipinski definition) is 1. The first-order chi connectivity index (χ1) is 11.7. The van der Waals surface area contributed by atoms with Crippen molar-refractivity contribution < 1.29 is 9.53 Å². The van der Waals surface area contributed by atoms with Gasteiger partial charge in [0.25, 0.3) is 5.91 Å². The van der Waals surface area contributed by atoms with Gasteiger partial charge in [-0.2, -0.15) is 0 Å². The first-order valence-electron chi connectivity index (χ1n) is 7.89. The number of para-hydroxylation sites is 2. The lowest BCUT2D eigenvalue weighted by molar-refractivity contribution is -0.122. The number of fused-ring (bicyclic) bond motifs is 1. The highest BCUT2D eigenvalue weighted by atomic mass is 16.5. The number of carbonyl (C=O) groups is 1. The second-order valence-electron chi connectivity index (χ2n) is 5.81. The van der Waals surface area contributed by atoms with Gasteiger partial charge >= 0.3 is 0 Å². The molecule has 120 valence electrons. The molecule has 24 heavy (non-hydrogen) atoms. The second-order valence-corrected chi connectivity index (χ2v) is 5.81. The van der Waals surface area contributed by atoms with E-state index in [-0.39, 0.29) is 11.8 Å². The molecular formula is C19H17N3O2. The number of rotatable bonds is 3. The van der Waals surface area contributed by atoms with Crippen molar-refractivity contribution in [2.24, 2.45) is 0 Å². The van der Waals surface area contributed by atoms with E-state index < -0.39 is 6.10 Å². The van der Waals surface area contributed by atoms with Crippen LogP contribution in [0.15, 0.2) is 67.0 Å². The lowest BCUT2D eigenvalue weighted by Crippen LogP contribution is -2.34. The van der Waals surface area contributed by atoms with Crippen molar-refractivity contribution in [2.45, 2.75) is 18.9 Å². The number of nitrogens with one attached hydrogen (secondary N) is 1. The van der Waals surface area contributed by atoms with Crippen LogP contribution in [-0.4, -0.2) is 21.6 Å². The Hall–Kier alpha value is -3.08. The summed E-state index contributed by atoms with van der Waals surface area (Å²) in [7, 11) is 0. The van der Waals surface area contributed by atoms with Crippen molar-refractivity contribution in [3.05, 3.63) is 72.6 Å². The third kappa shape index (κ3) is 2.44. The van der Waals surface area contributed by atoms with E-state index in [4.69, 9.17) is 4.74 Å². The average molecular weight is 319 g/mol. The lowest BCUT2D eigenvalue weighted by Gasteiger charge is -2.15. The van der Waals surface area contributed by atoms with Crippen LogP contribution in [0.1, 0.15) is 18.4 Å². The molecule has 0 saturated carbocycles. The lowest BCUT2D eigenvalue weighted by atomic mass is 9.97. The van der Waals surface area contributed by atoms with Crippen LogP contribution in [0.25, 0.3) is 5.69 Å². The number of carbonyl (C=O) groups excluding carboxylic acids is 1. The molecule has 2 heterocycles. The number of hydrogen-bond acceptors (Lipinski definition) is 3. The number of amides is 1. The van der Waals surface area contributed by atoms with Gasteiger partial charge < -0.3 is 4.74 Å². The minimum Gasteiger partial charge on any atom is -0.480 e. The highest BCUT2D eigenvalue weighted by molar-refractivity contribution is 5.94. The molecule has 0 spiro atoms. The standard InChI is InChI=1S/C19H17N3O2/c1-13-15-9-5-6-10-16(15)24-17(13)18(23)21-19-20-11-12-22(19)14-7-3-2-4-8-14/h2-13,17H,1H3,(H,20,21,23)/t13-,17+/m0/s1. The number of ether oxygens (including phenoxy) is 1. The van der Waals surface area contributed by atoms with E-state index in [1.807, 2.05) is 72.3 Å². The summed E-state index contributed by atoms with van der Waals surface area (Å²) in [6.07, 6.45) is 2.93. The number of anilines is 1. The predicted octanol–water partition coefficient (Wildman–Crippen LogP) is 3.38. The summed E-state index contributed by atoms with van der Waals surface area (Å²) in [6.45, 7) is 2.00. The third-order valence-electron chi connectivity index (χ3n) is 4.29. The molecule has 1 aliphatic rings. The van der Waals surface area contributed by atoms with Gasteiger partial charge in [-0.3, -0.25) is 14.7 Å². The van der Waals surface area contributed by atoms with E-state index in [2.05, 4.69) is 10.3 Å². The minimum atomic E-state index is -0.552. The van der Waals surface area contributed by atoms with Crippen molar-refractivity contribution in [1.82, 2.24) is 9.55 Å². The number of aromatic nitrogens is 2. The van der Waals surface area contributed by atoms with Gasteiger partial charge in [-0.05, 0) is 18.2 Å². The molecule has 1 amide bonds. The Morgan fingerprint density at radius 3 is 2.67 bits per heavy atom. The van der Waals surface area contributed by atoms with Gasteiger partial charge in [-0.15, -0.1) is 0 Å². The highest BCUT2D eigenvalue weighted by Crippen LogP contribution is 2.37. The van der Waals surface area contributed by atoms with E-state index in [9.17, 15) is 4.79 Å². The molecule has 1 aromatic heterocycles. The molecule has 0 radical (unpaired) electrons. The summed E-state index contributed by atoms with van der Waals surface area (Å²) >= 11 is 0. The SMILES string of the molecule is C[C@H]1c2ccccc2O[C@H]1C(=O)Nc1nccn1-c1ccccc1. The Balaban J connectivity index is 1.56. The molecular weight excluding hydrogens is 302 g/mol. The van der Waals surface area contributed by atoms with E-state index in [0.29, 0.717) is 5.95 Å². The quantitative estimate of drug-likeness (QED) is 0.805. The summed E-state index contributed by atoms with van der Waals surface area (Å²) in [4.78, 5) is 16.9. The van der Waals surface area contributed by atoms with Gasteiger partial charge in [0.2, 0.25) is 5.95 Å². The van der Waals surface area contributed by atoms with E-state index >= 15 is 0 Å². The van der Waals surface area contributed by atoms with Crippen LogP contribution in [0.4, 0.5) is 5.95 Å². The smallest absolute Gasteiger partial charge is 0.268 e. The first kappa shape index (κ1) is 14.5. The molecule has 0 aliphatic carbocycles. The molecule has 0 unspecified atom stereocenters. The van der Waals surface area contributed by atoms with Gasteiger partial charge in [-0.1, -0.05) is 43.3 Å². The van der Waals surface area contributed by atoms with Crippen LogP contribution in [0.2, 0.25) is 0 Å². The summed E-state index contributed by atoms with van der Waals surface area (Å²) < 4.78 is 7.66. The zero-order valence-corrected chi connectivity index (χ0v) is 13.2. The zero-order chi connectivity index (χ0) is 16.5. The number of imidazole rings is 1. The van der Waals surface area contributed by atoms with Crippen molar-refractivity contribution in [3.8, 4) is 11.4 Å². The third-order valence-corrected chi connectivity index (χ3v) is 4.29. The molecule has 5 nitrogen and oxygen atoms in total. The summed E-state index contributed by atoms with van der Waals surface area (Å²) in [5, 5.41) is 2.88. The monoisotopic (exact) mass is 319 g/mol. The summed E-state index contributed by atoms with van der Waals surface area (Å²) in [5.41, 5.74) is 2.00. The molecule has 1 aliphatic heterocycles. The van der Waals surface area contributed by atoms with Gasteiger partial charge in [0.05, 0.1) is 0 Å². The van der Waals surface area contributed by atoms with Crippen LogP contribution in [0, 0.1) is 0 Å². The Morgan fingerprint density at radius 1 is 1.12 bits per heavy atom. The Kier molecular flexibility index (Phi) is 3.54. The van der Waals surface area contributed by atoms with Crippen LogP contribution in [0.5, 0.6) is 5.75 Å². The molecule has 0 saturated heterocycles. The largest absolute Gasteiger partial charge is 0.480 e. The Morgan fingerprint density at radius 2 is 1.88 bits per heavy atom. The van der Waals surface area contributed by atoms with Gasteiger partial charge in [0.15, 0.2) is 6.10 Å². The van der Waals surface area contributed by atoms with Crippen molar-refractivity contribution >= 4 is 11.9 Å². The van der Waals surface area contributed by atoms with Crippen LogP contribution in [0.3, 0.4) is 0 Å². The molecule has 2 atom stereocenters.